The topological polar surface area (TPSA) is 54.3 Å². The maximum Gasteiger partial charge on any atom is 0.416 e. The van der Waals surface area contributed by atoms with Crippen molar-refractivity contribution in [3.8, 4) is 0 Å². The van der Waals surface area contributed by atoms with Gasteiger partial charge in [0.25, 0.3) is 0 Å². The van der Waals surface area contributed by atoms with Gasteiger partial charge in [-0.2, -0.15) is 23.4 Å². The van der Waals surface area contributed by atoms with Crippen LogP contribution < -0.4 is 4.90 Å². The highest BCUT2D eigenvalue weighted by Crippen LogP contribution is 2.34. The number of alkyl halides is 3. The number of carbonyl (C=O) groups is 1. The molecule has 0 spiro atoms. The van der Waals surface area contributed by atoms with Gasteiger partial charge in [-0.3, -0.25) is 4.79 Å². The molecule has 2 aromatic carbocycles. The fraction of sp³-hybridized carbons (Fsp3) is 0.350. The first-order valence-electron chi connectivity index (χ1n) is 8.78. The summed E-state index contributed by atoms with van der Waals surface area (Å²) < 4.78 is 43.9. The summed E-state index contributed by atoms with van der Waals surface area (Å²) in [5.74, 6) is -0.323. The Morgan fingerprint density at radius 2 is 1.68 bits per heavy atom. The van der Waals surface area contributed by atoms with E-state index in [1.54, 1.807) is 12.1 Å². The van der Waals surface area contributed by atoms with Crippen LogP contribution in [0.25, 0.3) is 0 Å². The van der Waals surface area contributed by atoms with Crippen molar-refractivity contribution in [1.29, 1.82) is 0 Å². The third-order valence-electron chi connectivity index (χ3n) is 4.07. The molecule has 0 unspecified atom stereocenters. The van der Waals surface area contributed by atoms with Crippen LogP contribution in [0.4, 0.5) is 30.2 Å². The van der Waals surface area contributed by atoms with Crippen molar-refractivity contribution in [1.82, 2.24) is 0 Å². The van der Waals surface area contributed by atoms with E-state index in [0.717, 1.165) is 18.3 Å². The number of ether oxygens (including phenoxy) is 1. The first-order chi connectivity index (χ1) is 13.2. The quantitative estimate of drug-likeness (QED) is 0.440. The molecule has 0 aliphatic heterocycles. The van der Waals surface area contributed by atoms with Gasteiger partial charge in [-0.15, -0.1) is 0 Å². The van der Waals surface area contributed by atoms with E-state index in [9.17, 15) is 18.0 Å². The Morgan fingerprint density at radius 1 is 1.07 bits per heavy atom. The monoisotopic (exact) mass is 393 g/mol. The number of anilines is 1. The average Bonchev–Trinajstić information content (AvgIpc) is 2.64. The molecule has 0 radical (unpaired) electrons. The summed E-state index contributed by atoms with van der Waals surface area (Å²) in [6.07, 6.45) is -4.42. The molecule has 0 heterocycles. The fourth-order valence-electron chi connectivity index (χ4n) is 2.59. The van der Waals surface area contributed by atoms with Crippen LogP contribution in [0.2, 0.25) is 0 Å². The zero-order valence-corrected chi connectivity index (χ0v) is 16.0. The number of carbonyl (C=O) groups excluding carboxylic acids is 1. The van der Waals surface area contributed by atoms with Gasteiger partial charge in [0.1, 0.15) is 6.61 Å². The van der Waals surface area contributed by atoms with Crippen LogP contribution in [0.5, 0.6) is 0 Å². The van der Waals surface area contributed by atoms with Crippen molar-refractivity contribution in [3.05, 3.63) is 53.6 Å². The van der Waals surface area contributed by atoms with Gasteiger partial charge in [0.2, 0.25) is 0 Å². The zero-order valence-electron chi connectivity index (χ0n) is 16.0. The second kappa shape index (κ2) is 9.34. The molecule has 0 N–H and O–H groups in total. The van der Waals surface area contributed by atoms with Crippen LogP contribution in [0, 0.1) is 6.92 Å². The molecule has 0 aliphatic carbocycles. The summed E-state index contributed by atoms with van der Waals surface area (Å²) in [5, 5.41) is 7.92. The molecule has 0 fully saturated rings. The Bertz CT molecular complexity index is 834. The van der Waals surface area contributed by atoms with Gasteiger partial charge in [0, 0.05) is 19.2 Å². The van der Waals surface area contributed by atoms with E-state index in [1.807, 2.05) is 24.0 Å². The van der Waals surface area contributed by atoms with Gasteiger partial charge in [-0.1, -0.05) is 6.07 Å². The molecule has 28 heavy (non-hydrogen) atoms. The lowest BCUT2D eigenvalue weighted by Crippen LogP contribution is -2.27. The fourth-order valence-corrected chi connectivity index (χ4v) is 2.59. The summed E-state index contributed by atoms with van der Waals surface area (Å²) in [4.78, 5) is 12.9. The molecular weight excluding hydrogens is 371 g/mol. The second-order valence-electron chi connectivity index (χ2n) is 6.13. The largest absolute Gasteiger partial charge is 0.464 e. The van der Waals surface area contributed by atoms with Crippen LogP contribution in [-0.4, -0.2) is 25.7 Å². The molecule has 8 heteroatoms. The van der Waals surface area contributed by atoms with Crippen LogP contribution in [0.3, 0.4) is 0 Å². The van der Waals surface area contributed by atoms with Crippen LogP contribution in [-0.2, 0) is 15.7 Å². The van der Waals surface area contributed by atoms with Gasteiger partial charge < -0.3 is 9.64 Å². The van der Waals surface area contributed by atoms with Crippen LogP contribution in [0.1, 0.15) is 25.0 Å². The number of hydrogen-bond donors (Lipinski definition) is 0. The maximum atomic E-state index is 13.0. The smallest absolute Gasteiger partial charge is 0.416 e. The predicted molar refractivity (Wildman–Crippen MR) is 101 cm³/mol. The van der Waals surface area contributed by atoms with Gasteiger partial charge in [0.05, 0.1) is 23.5 Å². The Hall–Kier alpha value is -2.90. The number of azo groups is 1. The van der Waals surface area contributed by atoms with Crippen molar-refractivity contribution in [2.45, 2.75) is 26.9 Å². The molecule has 150 valence electrons. The minimum absolute atomic E-state index is 0.138. The Kier molecular flexibility index (Phi) is 7.14. The molecule has 0 bridgehead atoms. The highest BCUT2D eigenvalue weighted by atomic mass is 19.4. The van der Waals surface area contributed by atoms with Gasteiger partial charge in [0.15, 0.2) is 0 Å². The third-order valence-corrected chi connectivity index (χ3v) is 4.07. The lowest BCUT2D eigenvalue weighted by molar-refractivity contribution is -0.140. The number of halogens is 3. The average molecular weight is 393 g/mol. The molecule has 0 aliphatic rings. The zero-order chi connectivity index (χ0) is 20.7. The minimum atomic E-state index is -4.42. The summed E-state index contributed by atoms with van der Waals surface area (Å²) in [6.45, 7) is 6.33. The minimum Gasteiger partial charge on any atom is -0.464 e. The summed E-state index contributed by atoms with van der Waals surface area (Å²) in [7, 11) is 0. The van der Waals surface area contributed by atoms with E-state index < -0.39 is 11.7 Å². The number of nitrogens with zero attached hydrogens (tertiary/aromatic N) is 3. The summed E-state index contributed by atoms with van der Waals surface area (Å²) in [6, 6.07) is 11.0. The van der Waals surface area contributed by atoms with Crippen molar-refractivity contribution in [2.24, 2.45) is 10.2 Å². The van der Waals surface area contributed by atoms with Crippen molar-refractivity contribution in [2.75, 3.05) is 24.6 Å². The molecule has 0 aromatic heterocycles. The van der Waals surface area contributed by atoms with Gasteiger partial charge >= 0.3 is 12.1 Å². The number of benzene rings is 2. The highest BCUT2D eigenvalue weighted by Gasteiger charge is 2.32. The van der Waals surface area contributed by atoms with E-state index in [4.69, 9.17) is 4.74 Å². The first-order valence-corrected chi connectivity index (χ1v) is 8.78. The van der Waals surface area contributed by atoms with Gasteiger partial charge in [-0.25, -0.2) is 0 Å². The number of hydrogen-bond acceptors (Lipinski definition) is 5. The molecular formula is C20H22F3N3O2. The van der Waals surface area contributed by atoms with E-state index >= 15 is 0 Å². The lowest BCUT2D eigenvalue weighted by Gasteiger charge is -2.22. The molecule has 2 rings (SSSR count). The molecule has 2 aromatic rings. The Labute approximate surface area is 161 Å². The second-order valence-corrected chi connectivity index (χ2v) is 6.13. The predicted octanol–water partition coefficient (Wildman–Crippen LogP) is 5.82. The number of esters is 1. The highest BCUT2D eigenvalue weighted by molar-refractivity contribution is 5.66. The first kappa shape index (κ1) is 21.4. The molecule has 0 saturated carbocycles. The molecule has 0 atom stereocenters. The summed E-state index contributed by atoms with van der Waals surface area (Å²) in [5.41, 5.74) is 1.01. The van der Waals surface area contributed by atoms with E-state index in [0.29, 0.717) is 18.8 Å². The van der Waals surface area contributed by atoms with Crippen molar-refractivity contribution >= 4 is 23.0 Å². The van der Waals surface area contributed by atoms with E-state index in [-0.39, 0.29) is 17.2 Å². The Morgan fingerprint density at radius 3 is 2.25 bits per heavy atom. The SMILES string of the molecule is CCN(CCOC(C)=O)c1ccc(N=Nc2ccc(C)c(C(F)(F)F)c2)cc1. The van der Waals surface area contributed by atoms with E-state index in [1.165, 1.54) is 26.0 Å². The molecule has 5 nitrogen and oxygen atoms in total. The van der Waals surface area contributed by atoms with Gasteiger partial charge in [-0.05, 0) is 55.8 Å². The third kappa shape index (κ3) is 6.07. The lowest BCUT2D eigenvalue weighted by atomic mass is 10.1. The maximum absolute atomic E-state index is 13.0. The normalized spacial score (nSPS) is 11.6. The van der Waals surface area contributed by atoms with Crippen molar-refractivity contribution < 1.29 is 22.7 Å². The molecule has 0 amide bonds. The standard InChI is InChI=1S/C20H22F3N3O2/c1-4-26(11-12-28-15(3)27)18-9-7-16(8-10-18)24-25-17-6-5-14(2)19(13-17)20(21,22)23/h5-10,13H,4,11-12H2,1-3H3. The number of likely N-dealkylation sites (N-methyl/N-ethyl adjacent to an activating group) is 1. The molecule has 0 saturated heterocycles. The number of aryl methyl sites for hydroxylation is 1. The van der Waals surface area contributed by atoms with Crippen molar-refractivity contribution in [3.63, 3.8) is 0 Å². The number of rotatable bonds is 7. The van der Waals surface area contributed by atoms with Crippen LogP contribution in [0.15, 0.2) is 52.7 Å². The van der Waals surface area contributed by atoms with E-state index in [2.05, 4.69) is 10.2 Å². The summed E-state index contributed by atoms with van der Waals surface area (Å²) >= 11 is 0. The van der Waals surface area contributed by atoms with Crippen LogP contribution >= 0.6 is 0 Å². The Balaban J connectivity index is 2.08.